The summed E-state index contributed by atoms with van der Waals surface area (Å²) in [5.74, 6) is 0.858. The lowest BCUT2D eigenvalue weighted by molar-refractivity contribution is 0.415. The maximum absolute atomic E-state index is 5.14. The van der Waals surface area contributed by atoms with Crippen LogP contribution in [0.3, 0.4) is 0 Å². The zero-order valence-electron chi connectivity index (χ0n) is 8.38. The lowest BCUT2D eigenvalue weighted by atomic mass is 10.3. The Hall–Kier alpha value is -0.960. The second kappa shape index (κ2) is 5.70. The third kappa shape index (κ3) is 3.07. The van der Waals surface area contributed by atoms with Gasteiger partial charge in [0, 0.05) is 17.1 Å². The van der Waals surface area contributed by atoms with Crippen molar-refractivity contribution in [3.63, 3.8) is 0 Å². The summed E-state index contributed by atoms with van der Waals surface area (Å²) in [5, 5.41) is 3.27. The van der Waals surface area contributed by atoms with Gasteiger partial charge < -0.3 is 10.1 Å². The summed E-state index contributed by atoms with van der Waals surface area (Å²) in [6.45, 7) is 2.82. The van der Waals surface area contributed by atoms with Gasteiger partial charge in [0.1, 0.15) is 5.75 Å². The lowest BCUT2D eigenvalue weighted by Crippen LogP contribution is -1.99. The zero-order chi connectivity index (χ0) is 10.4. The number of hydrogen-bond acceptors (Lipinski definition) is 2. The van der Waals surface area contributed by atoms with Crippen LogP contribution in [0.15, 0.2) is 34.8 Å². The molecule has 0 bridgehead atoms. The Morgan fingerprint density at radius 3 is 2.93 bits per heavy atom. The van der Waals surface area contributed by atoms with E-state index >= 15 is 0 Å². The summed E-state index contributed by atoms with van der Waals surface area (Å²) in [4.78, 5) is 0. The van der Waals surface area contributed by atoms with Gasteiger partial charge in [-0.05, 0) is 35.0 Å². The Balaban J connectivity index is 2.73. The van der Waals surface area contributed by atoms with E-state index in [1.807, 2.05) is 31.2 Å². The molecule has 3 heteroatoms. The second-order valence-electron chi connectivity index (χ2n) is 2.80. The molecule has 1 rings (SSSR count). The first kappa shape index (κ1) is 11.1. The van der Waals surface area contributed by atoms with E-state index in [4.69, 9.17) is 4.74 Å². The SMILES string of the molecule is C/C=C/CNc1cc(OC)ccc1Br. The van der Waals surface area contributed by atoms with Crippen LogP contribution >= 0.6 is 15.9 Å². The number of halogens is 1. The minimum atomic E-state index is 0.822. The first-order valence-electron chi connectivity index (χ1n) is 4.46. The maximum Gasteiger partial charge on any atom is 0.121 e. The number of benzene rings is 1. The Labute approximate surface area is 93.1 Å². The van der Waals surface area contributed by atoms with Crippen LogP contribution in [-0.2, 0) is 0 Å². The van der Waals surface area contributed by atoms with Crippen molar-refractivity contribution in [2.24, 2.45) is 0 Å². The van der Waals surface area contributed by atoms with E-state index in [1.165, 1.54) is 0 Å². The van der Waals surface area contributed by atoms with Gasteiger partial charge in [-0.15, -0.1) is 0 Å². The molecular weight excluding hydrogens is 242 g/mol. The predicted octanol–water partition coefficient (Wildman–Crippen LogP) is 3.45. The van der Waals surface area contributed by atoms with Crippen molar-refractivity contribution >= 4 is 21.6 Å². The van der Waals surface area contributed by atoms with Gasteiger partial charge in [-0.2, -0.15) is 0 Å². The van der Waals surface area contributed by atoms with Gasteiger partial charge in [0.05, 0.1) is 12.8 Å². The summed E-state index contributed by atoms with van der Waals surface area (Å²) in [6, 6.07) is 5.86. The average molecular weight is 256 g/mol. The van der Waals surface area contributed by atoms with Crippen molar-refractivity contribution in [2.45, 2.75) is 6.92 Å². The molecule has 76 valence electrons. The van der Waals surface area contributed by atoms with E-state index in [9.17, 15) is 0 Å². The molecule has 0 aliphatic rings. The van der Waals surface area contributed by atoms with Gasteiger partial charge in [0.15, 0.2) is 0 Å². The zero-order valence-corrected chi connectivity index (χ0v) is 9.97. The Morgan fingerprint density at radius 1 is 1.50 bits per heavy atom. The molecule has 0 atom stereocenters. The minimum absolute atomic E-state index is 0.822. The Kier molecular flexibility index (Phi) is 4.53. The van der Waals surface area contributed by atoms with Crippen molar-refractivity contribution in [1.29, 1.82) is 0 Å². The topological polar surface area (TPSA) is 21.3 Å². The van der Waals surface area contributed by atoms with Gasteiger partial charge in [-0.1, -0.05) is 12.2 Å². The van der Waals surface area contributed by atoms with Crippen LogP contribution in [-0.4, -0.2) is 13.7 Å². The minimum Gasteiger partial charge on any atom is -0.497 e. The van der Waals surface area contributed by atoms with Crippen LogP contribution in [0.25, 0.3) is 0 Å². The van der Waals surface area contributed by atoms with Crippen molar-refractivity contribution in [1.82, 2.24) is 0 Å². The first-order valence-corrected chi connectivity index (χ1v) is 5.25. The van der Waals surface area contributed by atoms with E-state index < -0.39 is 0 Å². The summed E-state index contributed by atoms with van der Waals surface area (Å²) >= 11 is 3.47. The lowest BCUT2D eigenvalue weighted by Gasteiger charge is -2.08. The normalized spacial score (nSPS) is 10.5. The largest absolute Gasteiger partial charge is 0.497 e. The molecule has 1 N–H and O–H groups in total. The Morgan fingerprint density at radius 2 is 2.29 bits per heavy atom. The highest BCUT2D eigenvalue weighted by molar-refractivity contribution is 9.10. The molecule has 0 aliphatic heterocycles. The van der Waals surface area contributed by atoms with Crippen LogP contribution in [0.5, 0.6) is 5.75 Å². The highest BCUT2D eigenvalue weighted by Gasteiger charge is 1.99. The van der Waals surface area contributed by atoms with Crippen molar-refractivity contribution in [2.75, 3.05) is 19.0 Å². The fourth-order valence-corrected chi connectivity index (χ4v) is 1.44. The van der Waals surface area contributed by atoms with E-state index in [1.54, 1.807) is 7.11 Å². The number of methoxy groups -OCH3 is 1. The standard InChI is InChI=1S/C11H14BrNO/c1-3-4-7-13-11-8-9(14-2)5-6-10(11)12/h3-6,8,13H,7H2,1-2H3/b4-3+. The van der Waals surface area contributed by atoms with Gasteiger partial charge in [0.25, 0.3) is 0 Å². The third-order valence-electron chi connectivity index (χ3n) is 1.82. The molecule has 0 saturated heterocycles. The van der Waals surface area contributed by atoms with Crippen molar-refractivity contribution in [3.05, 3.63) is 34.8 Å². The van der Waals surface area contributed by atoms with E-state index in [0.29, 0.717) is 0 Å². The maximum atomic E-state index is 5.14. The molecule has 0 aromatic heterocycles. The smallest absolute Gasteiger partial charge is 0.121 e. The molecule has 2 nitrogen and oxygen atoms in total. The van der Waals surface area contributed by atoms with E-state index in [0.717, 1.165) is 22.5 Å². The predicted molar refractivity (Wildman–Crippen MR) is 64.0 cm³/mol. The fraction of sp³-hybridized carbons (Fsp3) is 0.273. The molecule has 0 unspecified atom stereocenters. The highest BCUT2D eigenvalue weighted by atomic mass is 79.9. The van der Waals surface area contributed by atoms with Crippen LogP contribution < -0.4 is 10.1 Å². The van der Waals surface area contributed by atoms with Gasteiger partial charge in [0.2, 0.25) is 0 Å². The fourth-order valence-electron chi connectivity index (χ4n) is 1.05. The number of anilines is 1. The molecular formula is C11H14BrNO. The van der Waals surface area contributed by atoms with Crippen LogP contribution in [0.1, 0.15) is 6.92 Å². The number of rotatable bonds is 4. The summed E-state index contributed by atoms with van der Waals surface area (Å²) in [5.41, 5.74) is 1.04. The molecule has 1 aromatic rings. The van der Waals surface area contributed by atoms with E-state index in [2.05, 4.69) is 27.3 Å². The molecule has 0 fully saturated rings. The monoisotopic (exact) mass is 255 g/mol. The van der Waals surface area contributed by atoms with Gasteiger partial charge in [-0.25, -0.2) is 0 Å². The van der Waals surface area contributed by atoms with E-state index in [-0.39, 0.29) is 0 Å². The summed E-state index contributed by atoms with van der Waals surface area (Å²) in [7, 11) is 1.67. The molecule has 0 radical (unpaired) electrons. The molecule has 0 saturated carbocycles. The van der Waals surface area contributed by atoms with Crippen LogP contribution in [0.2, 0.25) is 0 Å². The molecule has 0 spiro atoms. The molecule has 14 heavy (non-hydrogen) atoms. The first-order chi connectivity index (χ1) is 6.77. The second-order valence-corrected chi connectivity index (χ2v) is 3.65. The third-order valence-corrected chi connectivity index (χ3v) is 2.51. The summed E-state index contributed by atoms with van der Waals surface area (Å²) in [6.07, 6.45) is 4.08. The Bertz CT molecular complexity index is 323. The summed E-state index contributed by atoms with van der Waals surface area (Å²) < 4.78 is 6.18. The average Bonchev–Trinajstić information content (AvgIpc) is 2.21. The highest BCUT2D eigenvalue weighted by Crippen LogP contribution is 2.26. The quantitative estimate of drug-likeness (QED) is 0.833. The molecule has 1 aromatic carbocycles. The molecule has 0 heterocycles. The van der Waals surface area contributed by atoms with Gasteiger partial charge >= 0.3 is 0 Å². The molecule has 0 aliphatic carbocycles. The number of allylic oxidation sites excluding steroid dienone is 1. The number of nitrogens with one attached hydrogen (secondary N) is 1. The van der Waals surface area contributed by atoms with Crippen LogP contribution in [0, 0.1) is 0 Å². The van der Waals surface area contributed by atoms with Gasteiger partial charge in [-0.3, -0.25) is 0 Å². The number of hydrogen-bond donors (Lipinski definition) is 1. The van der Waals surface area contributed by atoms with Crippen LogP contribution in [0.4, 0.5) is 5.69 Å². The molecule has 0 amide bonds. The number of ether oxygens (including phenoxy) is 1. The van der Waals surface area contributed by atoms with Crippen molar-refractivity contribution < 1.29 is 4.74 Å². The van der Waals surface area contributed by atoms with Crippen molar-refractivity contribution in [3.8, 4) is 5.75 Å².